The van der Waals surface area contributed by atoms with E-state index >= 15 is 0 Å². The molecule has 3 rings (SSSR count). The van der Waals surface area contributed by atoms with Crippen molar-refractivity contribution in [3.8, 4) is 11.3 Å². The molecule has 3 aromatic rings. The molecule has 0 amide bonds. The van der Waals surface area contributed by atoms with Gasteiger partial charge in [-0.25, -0.2) is 4.79 Å². The van der Waals surface area contributed by atoms with Gasteiger partial charge >= 0.3 is 5.97 Å². The van der Waals surface area contributed by atoms with Crippen molar-refractivity contribution in [1.29, 1.82) is 0 Å². The van der Waals surface area contributed by atoms with Gasteiger partial charge in [-0.3, -0.25) is 5.43 Å². The molecule has 1 aromatic heterocycles. The molecular formula is C18H12ClIN2O3. The quantitative estimate of drug-likeness (QED) is 0.302. The summed E-state index contributed by atoms with van der Waals surface area (Å²) in [7, 11) is 0. The second-order valence-electron chi connectivity index (χ2n) is 5.08. The molecule has 0 fully saturated rings. The summed E-state index contributed by atoms with van der Waals surface area (Å²) in [4.78, 5) is 11.2. The van der Waals surface area contributed by atoms with Crippen molar-refractivity contribution < 1.29 is 14.3 Å². The summed E-state index contributed by atoms with van der Waals surface area (Å²) >= 11 is 8.11. The zero-order valence-electron chi connectivity index (χ0n) is 12.7. The van der Waals surface area contributed by atoms with Crippen LogP contribution < -0.4 is 5.43 Å². The van der Waals surface area contributed by atoms with E-state index in [1.54, 1.807) is 24.4 Å². The van der Waals surface area contributed by atoms with E-state index in [-0.39, 0.29) is 10.6 Å². The zero-order chi connectivity index (χ0) is 17.8. The Labute approximate surface area is 162 Å². The Hall–Kier alpha value is -2.32. The number of anilines is 1. The van der Waals surface area contributed by atoms with E-state index in [1.165, 1.54) is 12.1 Å². The molecule has 0 aliphatic heterocycles. The Balaban J connectivity index is 1.74. The van der Waals surface area contributed by atoms with Crippen molar-refractivity contribution in [2.45, 2.75) is 0 Å². The highest BCUT2D eigenvalue weighted by molar-refractivity contribution is 14.1. The van der Waals surface area contributed by atoms with Crippen LogP contribution in [0.1, 0.15) is 16.1 Å². The van der Waals surface area contributed by atoms with E-state index in [2.05, 4.69) is 33.1 Å². The summed E-state index contributed by atoms with van der Waals surface area (Å²) in [5, 5.41) is 13.4. The van der Waals surface area contributed by atoms with Gasteiger partial charge < -0.3 is 9.52 Å². The van der Waals surface area contributed by atoms with Gasteiger partial charge in [0, 0.05) is 9.13 Å². The number of hydrazone groups is 1. The van der Waals surface area contributed by atoms with Gasteiger partial charge in [0.2, 0.25) is 0 Å². The molecular weight excluding hydrogens is 455 g/mol. The SMILES string of the molecule is O=C(O)c1cc(-c2ccc(/C=N\Nc3ccc(I)cc3)o2)ccc1Cl. The van der Waals surface area contributed by atoms with Gasteiger partial charge in [0.15, 0.2) is 0 Å². The molecule has 0 aliphatic carbocycles. The lowest BCUT2D eigenvalue weighted by atomic mass is 10.1. The summed E-state index contributed by atoms with van der Waals surface area (Å²) in [6.45, 7) is 0. The van der Waals surface area contributed by atoms with Gasteiger partial charge in [-0.05, 0) is 77.2 Å². The molecule has 0 bridgehead atoms. The van der Waals surface area contributed by atoms with E-state index in [4.69, 9.17) is 21.1 Å². The number of hydrogen-bond acceptors (Lipinski definition) is 4. The number of furan rings is 1. The zero-order valence-corrected chi connectivity index (χ0v) is 15.7. The smallest absolute Gasteiger partial charge is 0.337 e. The number of rotatable bonds is 5. The molecule has 0 saturated carbocycles. The Bertz CT molecular complexity index is 936. The third kappa shape index (κ3) is 4.40. The standard InChI is InChI=1S/C18H12ClIN2O3/c19-16-7-1-11(9-15(16)18(23)24)17-8-6-14(25-17)10-21-22-13-4-2-12(20)3-5-13/h1-10,22H,(H,23,24)/b21-10-. The fourth-order valence-corrected chi connectivity index (χ4v) is 2.67. The van der Waals surface area contributed by atoms with Crippen LogP contribution in [0.4, 0.5) is 5.69 Å². The van der Waals surface area contributed by atoms with E-state index in [0.29, 0.717) is 17.1 Å². The molecule has 0 aliphatic rings. The van der Waals surface area contributed by atoms with Gasteiger partial charge in [0.05, 0.1) is 22.5 Å². The fourth-order valence-electron chi connectivity index (χ4n) is 2.11. The molecule has 2 aromatic carbocycles. The van der Waals surface area contributed by atoms with Crippen LogP contribution in [0.5, 0.6) is 0 Å². The number of nitrogens with zero attached hydrogens (tertiary/aromatic N) is 1. The van der Waals surface area contributed by atoms with Crippen LogP contribution in [-0.4, -0.2) is 17.3 Å². The lowest BCUT2D eigenvalue weighted by Crippen LogP contribution is -1.97. The minimum Gasteiger partial charge on any atom is -0.478 e. The number of carbonyl (C=O) groups is 1. The van der Waals surface area contributed by atoms with E-state index < -0.39 is 5.97 Å². The molecule has 0 saturated heterocycles. The van der Waals surface area contributed by atoms with Gasteiger partial charge in [0.25, 0.3) is 0 Å². The molecule has 0 radical (unpaired) electrons. The van der Waals surface area contributed by atoms with Crippen LogP contribution in [0, 0.1) is 3.57 Å². The molecule has 25 heavy (non-hydrogen) atoms. The number of carboxylic acids is 1. The third-order valence-corrected chi connectivity index (χ3v) is 4.39. The maximum absolute atomic E-state index is 11.2. The summed E-state index contributed by atoms with van der Waals surface area (Å²) < 4.78 is 6.82. The summed E-state index contributed by atoms with van der Waals surface area (Å²) in [6, 6.07) is 16.0. The average Bonchev–Trinajstić information content (AvgIpc) is 3.06. The molecule has 0 atom stereocenters. The Morgan fingerprint density at radius 2 is 1.92 bits per heavy atom. The number of benzene rings is 2. The maximum atomic E-state index is 11.2. The first-order valence-corrected chi connectivity index (χ1v) is 8.66. The van der Waals surface area contributed by atoms with Crippen molar-refractivity contribution >= 4 is 52.1 Å². The van der Waals surface area contributed by atoms with E-state index in [0.717, 1.165) is 9.26 Å². The van der Waals surface area contributed by atoms with Crippen LogP contribution in [0.2, 0.25) is 5.02 Å². The predicted octanol–water partition coefficient (Wildman–Crippen LogP) is 5.35. The minimum atomic E-state index is -1.08. The molecule has 7 heteroatoms. The molecule has 0 spiro atoms. The maximum Gasteiger partial charge on any atom is 0.337 e. The van der Waals surface area contributed by atoms with Gasteiger partial charge in [-0.15, -0.1) is 0 Å². The van der Waals surface area contributed by atoms with Gasteiger partial charge in [0.1, 0.15) is 11.5 Å². The average molecular weight is 467 g/mol. The summed E-state index contributed by atoms with van der Waals surface area (Å²) in [5.74, 6) is -0.00312. The monoisotopic (exact) mass is 466 g/mol. The highest BCUT2D eigenvalue weighted by Gasteiger charge is 2.12. The van der Waals surface area contributed by atoms with Crippen molar-refractivity contribution in [2.24, 2.45) is 5.10 Å². The number of aromatic carboxylic acids is 1. The Morgan fingerprint density at radius 1 is 1.16 bits per heavy atom. The fraction of sp³-hybridized carbons (Fsp3) is 0. The first kappa shape index (κ1) is 17.5. The predicted molar refractivity (Wildman–Crippen MR) is 106 cm³/mol. The second-order valence-corrected chi connectivity index (χ2v) is 6.73. The number of halogens is 2. The van der Waals surface area contributed by atoms with Crippen LogP contribution in [0.3, 0.4) is 0 Å². The summed E-state index contributed by atoms with van der Waals surface area (Å²) in [5.41, 5.74) is 4.44. The van der Waals surface area contributed by atoms with Crippen molar-refractivity contribution in [2.75, 3.05) is 5.43 Å². The largest absolute Gasteiger partial charge is 0.478 e. The van der Waals surface area contributed by atoms with Gasteiger partial charge in [-0.1, -0.05) is 11.6 Å². The normalized spacial score (nSPS) is 11.0. The van der Waals surface area contributed by atoms with Crippen LogP contribution in [0.25, 0.3) is 11.3 Å². The summed E-state index contributed by atoms with van der Waals surface area (Å²) in [6.07, 6.45) is 1.55. The molecule has 1 heterocycles. The van der Waals surface area contributed by atoms with Crippen LogP contribution in [0.15, 0.2) is 64.1 Å². The van der Waals surface area contributed by atoms with Crippen molar-refractivity contribution in [3.05, 3.63) is 74.5 Å². The minimum absolute atomic E-state index is 0.0335. The second kappa shape index (κ2) is 7.71. The molecule has 2 N–H and O–H groups in total. The lowest BCUT2D eigenvalue weighted by molar-refractivity contribution is 0.0697. The topological polar surface area (TPSA) is 74.8 Å². The number of carboxylic acid groups (broad SMARTS) is 1. The van der Waals surface area contributed by atoms with Crippen molar-refractivity contribution in [1.82, 2.24) is 0 Å². The van der Waals surface area contributed by atoms with Gasteiger partial charge in [-0.2, -0.15) is 5.10 Å². The highest BCUT2D eigenvalue weighted by atomic mass is 127. The highest BCUT2D eigenvalue weighted by Crippen LogP contribution is 2.26. The third-order valence-electron chi connectivity index (χ3n) is 3.34. The first-order valence-electron chi connectivity index (χ1n) is 7.20. The lowest BCUT2D eigenvalue weighted by Gasteiger charge is -2.02. The number of nitrogens with one attached hydrogen (secondary N) is 1. The molecule has 126 valence electrons. The van der Waals surface area contributed by atoms with Crippen LogP contribution >= 0.6 is 34.2 Å². The van der Waals surface area contributed by atoms with E-state index in [9.17, 15) is 4.79 Å². The molecule has 0 unspecified atom stereocenters. The Kier molecular flexibility index (Phi) is 5.40. The number of hydrogen-bond donors (Lipinski definition) is 2. The Morgan fingerprint density at radius 3 is 2.64 bits per heavy atom. The van der Waals surface area contributed by atoms with Crippen molar-refractivity contribution in [3.63, 3.8) is 0 Å². The van der Waals surface area contributed by atoms with Crippen LogP contribution in [-0.2, 0) is 0 Å². The molecule has 5 nitrogen and oxygen atoms in total. The van der Waals surface area contributed by atoms with E-state index in [1.807, 2.05) is 24.3 Å². The first-order chi connectivity index (χ1) is 12.0.